The molecule has 5 N–H and O–H groups in total. The Labute approximate surface area is 201 Å². The fourth-order valence-electron chi connectivity index (χ4n) is 3.01. The predicted molar refractivity (Wildman–Crippen MR) is 125 cm³/mol. The van der Waals surface area contributed by atoms with Gasteiger partial charge in [-0.25, -0.2) is 4.39 Å². The molecule has 34 heavy (non-hydrogen) atoms. The molecule has 1 atom stereocenters. The van der Waals surface area contributed by atoms with Gasteiger partial charge in [0.05, 0.1) is 12.3 Å². The zero-order valence-electron chi connectivity index (χ0n) is 17.8. The Bertz CT molecular complexity index is 1200. The molecule has 0 radical (unpaired) electrons. The third kappa shape index (κ3) is 5.38. The molecule has 0 saturated carbocycles. The van der Waals surface area contributed by atoms with E-state index in [-0.39, 0.29) is 28.6 Å². The molecule has 0 bridgehead atoms. The Morgan fingerprint density at radius 3 is 2.47 bits per heavy atom. The molecule has 3 amide bonds. The Hall–Kier alpha value is -3.84. The molecule has 3 rings (SSSR count). The first-order chi connectivity index (χ1) is 16.2. The Kier molecular flexibility index (Phi) is 7.91. The Balaban J connectivity index is 2.08. The normalized spacial score (nSPS) is 11.5. The van der Waals surface area contributed by atoms with Crippen LogP contribution in [0.4, 0.5) is 15.8 Å². The van der Waals surface area contributed by atoms with E-state index < -0.39 is 42.1 Å². The zero-order valence-corrected chi connectivity index (χ0v) is 19.5. The van der Waals surface area contributed by atoms with Crippen LogP contribution in [0.5, 0.6) is 0 Å². The molecular weight excluding hydrogens is 485 g/mol. The number of esters is 1. The smallest absolute Gasteiger partial charge is 0.325 e. The minimum atomic E-state index is -1.26. The van der Waals surface area contributed by atoms with E-state index in [1.807, 2.05) is 0 Å². The first-order valence-electron chi connectivity index (χ1n) is 9.85. The number of benzene rings is 1. The molecule has 0 spiro atoms. The zero-order chi connectivity index (χ0) is 24.8. The highest BCUT2D eigenvalue weighted by molar-refractivity contribution is 7.10. The molecule has 0 saturated heterocycles. The van der Waals surface area contributed by atoms with Crippen LogP contribution < -0.4 is 21.7 Å². The molecule has 0 fully saturated rings. The van der Waals surface area contributed by atoms with Crippen LogP contribution in [0.25, 0.3) is 0 Å². The first-order valence-corrected chi connectivity index (χ1v) is 11.5. The van der Waals surface area contributed by atoms with Crippen molar-refractivity contribution in [2.24, 2.45) is 5.73 Å². The molecule has 2 heterocycles. The summed E-state index contributed by atoms with van der Waals surface area (Å²) in [6, 6.07) is 6.95. The summed E-state index contributed by atoms with van der Waals surface area (Å²) in [5.74, 6) is -3.57. The number of primary amides is 1. The molecule has 2 aromatic heterocycles. The quantitative estimate of drug-likeness (QED) is 0.376. The number of halogens is 1. The maximum atomic E-state index is 13.7. The minimum Gasteiger partial charge on any atom is -0.465 e. The number of hydrogen-bond donors (Lipinski definition) is 3. The van der Waals surface area contributed by atoms with Crippen molar-refractivity contribution in [2.75, 3.05) is 23.8 Å². The third-order valence-electron chi connectivity index (χ3n) is 4.51. The second-order valence-corrected chi connectivity index (χ2v) is 8.48. The van der Waals surface area contributed by atoms with Gasteiger partial charge in [-0.2, -0.15) is 4.37 Å². The van der Waals surface area contributed by atoms with E-state index in [4.69, 9.17) is 16.2 Å². The van der Waals surface area contributed by atoms with E-state index in [0.29, 0.717) is 16.4 Å². The van der Waals surface area contributed by atoms with Crippen LogP contribution in [0.15, 0.2) is 41.8 Å². The van der Waals surface area contributed by atoms with E-state index >= 15 is 0 Å². The molecule has 0 aliphatic carbocycles. The van der Waals surface area contributed by atoms with Crippen molar-refractivity contribution >= 4 is 57.9 Å². The summed E-state index contributed by atoms with van der Waals surface area (Å²) in [7, 11) is 0. The first kappa shape index (κ1) is 24.8. The molecule has 0 unspecified atom stereocenters. The number of nitrogens with two attached hydrogens (primary N) is 2. The third-order valence-corrected chi connectivity index (χ3v) is 6.29. The average Bonchev–Trinajstić information content (AvgIpc) is 3.46. The summed E-state index contributed by atoms with van der Waals surface area (Å²) in [6.45, 7) is 1.34. The van der Waals surface area contributed by atoms with Crippen molar-refractivity contribution in [1.82, 2.24) is 9.69 Å². The molecule has 13 heteroatoms. The van der Waals surface area contributed by atoms with Crippen LogP contribution in [0, 0.1) is 5.82 Å². The van der Waals surface area contributed by atoms with Gasteiger partial charge in [-0.3, -0.25) is 24.1 Å². The van der Waals surface area contributed by atoms with Crippen LogP contribution in [-0.2, 0) is 14.3 Å². The lowest BCUT2D eigenvalue weighted by atomic mass is 10.1. The standard InChI is InChI=1S/C21H20FN5O5S2/c1-2-32-14(28)10-25-20(30)17(13-4-3-9-33-13)27(12-7-5-11(22)6-8-12)21(31)18-15(23)16(19(24)29)26-34-18/h3-9,17H,2,10,23H2,1H3,(H2,24,29)(H,25,30)/t17-/m0/s1. The highest BCUT2D eigenvalue weighted by Gasteiger charge is 2.36. The second kappa shape index (κ2) is 10.9. The van der Waals surface area contributed by atoms with Crippen molar-refractivity contribution in [3.05, 3.63) is 63.0 Å². The van der Waals surface area contributed by atoms with E-state index in [2.05, 4.69) is 9.69 Å². The molecule has 10 nitrogen and oxygen atoms in total. The van der Waals surface area contributed by atoms with Crippen molar-refractivity contribution in [2.45, 2.75) is 13.0 Å². The summed E-state index contributed by atoms with van der Waals surface area (Å²) in [5, 5.41) is 4.18. The number of ether oxygens (including phenoxy) is 1. The van der Waals surface area contributed by atoms with Crippen LogP contribution in [-0.4, -0.2) is 41.2 Å². The number of carbonyl (C=O) groups excluding carboxylic acids is 4. The number of aromatic nitrogens is 1. The molecule has 178 valence electrons. The van der Waals surface area contributed by atoms with Gasteiger partial charge in [0.15, 0.2) is 11.7 Å². The summed E-state index contributed by atoms with van der Waals surface area (Å²) in [6.07, 6.45) is 0. The van der Waals surface area contributed by atoms with Gasteiger partial charge in [-0.15, -0.1) is 11.3 Å². The Morgan fingerprint density at radius 2 is 1.91 bits per heavy atom. The number of anilines is 2. The number of nitrogens with one attached hydrogen (secondary N) is 1. The second-order valence-electron chi connectivity index (χ2n) is 6.73. The van der Waals surface area contributed by atoms with E-state index in [9.17, 15) is 23.6 Å². The summed E-state index contributed by atoms with van der Waals surface area (Å²) in [4.78, 5) is 51.7. The van der Waals surface area contributed by atoms with Gasteiger partial charge in [0.2, 0.25) is 5.91 Å². The van der Waals surface area contributed by atoms with Gasteiger partial charge in [0.25, 0.3) is 11.8 Å². The lowest BCUT2D eigenvalue weighted by molar-refractivity contribution is -0.143. The lowest BCUT2D eigenvalue weighted by Crippen LogP contribution is -2.45. The molecule has 3 aromatic rings. The maximum Gasteiger partial charge on any atom is 0.325 e. The SMILES string of the molecule is CCOC(=O)CNC(=O)[C@H](c1cccs1)N(C(=O)c1snc(C(N)=O)c1N)c1ccc(F)cc1. The van der Waals surface area contributed by atoms with E-state index in [1.165, 1.54) is 23.5 Å². The fourth-order valence-corrected chi connectivity index (χ4v) is 4.57. The van der Waals surface area contributed by atoms with Crippen molar-refractivity contribution < 1.29 is 28.3 Å². The number of amides is 3. The van der Waals surface area contributed by atoms with Crippen LogP contribution >= 0.6 is 22.9 Å². The number of nitrogen functional groups attached to an aromatic ring is 1. The molecular formula is C21H20FN5O5S2. The van der Waals surface area contributed by atoms with Gasteiger partial charge in [-0.05, 0) is 54.2 Å². The number of rotatable bonds is 9. The summed E-state index contributed by atoms with van der Waals surface area (Å²) < 4.78 is 22.3. The minimum absolute atomic E-state index is 0.127. The van der Waals surface area contributed by atoms with E-state index in [1.54, 1.807) is 24.4 Å². The topological polar surface area (TPSA) is 158 Å². The average molecular weight is 506 g/mol. The van der Waals surface area contributed by atoms with Crippen molar-refractivity contribution in [1.29, 1.82) is 0 Å². The van der Waals surface area contributed by atoms with E-state index in [0.717, 1.165) is 17.0 Å². The number of nitrogens with zero attached hydrogens (tertiary/aromatic N) is 2. The lowest BCUT2D eigenvalue weighted by Gasteiger charge is -2.30. The number of carbonyl (C=O) groups is 4. The summed E-state index contributed by atoms with van der Waals surface area (Å²) >= 11 is 1.84. The largest absolute Gasteiger partial charge is 0.465 e. The highest BCUT2D eigenvalue weighted by atomic mass is 32.1. The number of thiophene rings is 1. The van der Waals surface area contributed by atoms with Gasteiger partial charge >= 0.3 is 5.97 Å². The van der Waals surface area contributed by atoms with Crippen molar-refractivity contribution in [3.63, 3.8) is 0 Å². The van der Waals surface area contributed by atoms with Gasteiger partial charge in [0.1, 0.15) is 17.2 Å². The number of hydrogen-bond acceptors (Lipinski definition) is 9. The van der Waals surface area contributed by atoms with Gasteiger partial charge < -0.3 is 21.5 Å². The van der Waals surface area contributed by atoms with Gasteiger partial charge in [-0.1, -0.05) is 6.07 Å². The molecule has 1 aromatic carbocycles. The van der Waals surface area contributed by atoms with Crippen LogP contribution in [0.1, 0.15) is 38.0 Å². The van der Waals surface area contributed by atoms with Crippen molar-refractivity contribution in [3.8, 4) is 0 Å². The highest BCUT2D eigenvalue weighted by Crippen LogP contribution is 2.34. The summed E-state index contributed by atoms with van der Waals surface area (Å²) in [5.41, 5.74) is 10.9. The van der Waals surface area contributed by atoms with Crippen LogP contribution in [0.2, 0.25) is 0 Å². The maximum absolute atomic E-state index is 13.7. The fraction of sp³-hybridized carbons (Fsp3) is 0.190. The van der Waals surface area contributed by atoms with Crippen LogP contribution in [0.3, 0.4) is 0 Å². The predicted octanol–water partition coefficient (Wildman–Crippen LogP) is 2.09. The monoisotopic (exact) mass is 505 g/mol. The molecule has 0 aliphatic heterocycles. The Morgan fingerprint density at radius 1 is 1.21 bits per heavy atom. The molecule has 0 aliphatic rings. The van der Waals surface area contributed by atoms with Gasteiger partial charge in [0, 0.05) is 10.6 Å².